The van der Waals surface area contributed by atoms with Crippen LogP contribution in [-0.2, 0) is 4.74 Å². The molecule has 1 heterocycles. The second-order valence-electron chi connectivity index (χ2n) is 2.37. The van der Waals surface area contributed by atoms with Gasteiger partial charge in [0.05, 0.1) is 6.61 Å². The van der Waals surface area contributed by atoms with E-state index in [1.165, 1.54) is 4.90 Å². The topological polar surface area (TPSA) is 12.5 Å². The van der Waals surface area contributed by atoms with Gasteiger partial charge in [0.15, 0.2) is 0 Å². The van der Waals surface area contributed by atoms with E-state index in [2.05, 4.69) is 24.8 Å². The number of thioether (sulfide) groups is 1. The van der Waals surface area contributed by atoms with Crippen LogP contribution in [0.1, 0.15) is 0 Å². The molecule has 1 aromatic rings. The van der Waals surface area contributed by atoms with Gasteiger partial charge in [-0.2, -0.15) is 0 Å². The van der Waals surface area contributed by atoms with Crippen LogP contribution in [0.2, 0.25) is 0 Å². The zero-order valence-corrected chi connectivity index (χ0v) is 7.57. The number of hydrogen-bond donors (Lipinski definition) is 1. The van der Waals surface area contributed by atoms with Crippen molar-refractivity contribution in [3.8, 4) is 0 Å². The van der Waals surface area contributed by atoms with Crippen molar-refractivity contribution in [3.05, 3.63) is 24.3 Å². The number of hydrogen-bond acceptors (Lipinski definition) is 3. The third-order valence-corrected chi connectivity index (χ3v) is 2.78. The third-order valence-electron chi connectivity index (χ3n) is 1.41. The molecule has 0 amide bonds. The van der Waals surface area contributed by atoms with Gasteiger partial charge in [0, 0.05) is 9.79 Å². The first-order valence-corrected chi connectivity index (χ1v) is 4.74. The molecule has 1 atom stereocenters. The van der Waals surface area contributed by atoms with E-state index in [0.29, 0.717) is 5.44 Å². The van der Waals surface area contributed by atoms with Gasteiger partial charge in [0.2, 0.25) is 0 Å². The fourth-order valence-electron chi connectivity index (χ4n) is 0.784. The Morgan fingerprint density at radius 3 is 2.55 bits per heavy atom. The Balaban J connectivity index is 2.06. The van der Waals surface area contributed by atoms with Gasteiger partial charge in [-0.15, -0.1) is 12.6 Å². The number of thiol groups is 1. The highest BCUT2D eigenvalue weighted by Gasteiger charge is 2.23. The molecule has 0 N–H and O–H groups in total. The molecule has 1 fully saturated rings. The maximum Gasteiger partial charge on any atom is 0.131 e. The summed E-state index contributed by atoms with van der Waals surface area (Å²) < 4.78 is 5.09. The first-order valence-electron chi connectivity index (χ1n) is 3.42. The van der Waals surface area contributed by atoms with Gasteiger partial charge in [-0.1, -0.05) is 11.8 Å². The van der Waals surface area contributed by atoms with Crippen molar-refractivity contribution < 1.29 is 4.74 Å². The Bertz CT molecular complexity index is 241. The average molecular weight is 184 g/mol. The largest absolute Gasteiger partial charge is 0.361 e. The lowest BCUT2D eigenvalue weighted by Crippen LogP contribution is -1.75. The van der Waals surface area contributed by atoms with Crippen molar-refractivity contribution in [2.45, 2.75) is 15.2 Å². The Morgan fingerprint density at radius 1 is 1.36 bits per heavy atom. The number of rotatable bonds is 2. The minimum absolute atomic E-state index is 0.403. The molecular weight excluding hydrogens is 176 g/mol. The van der Waals surface area contributed by atoms with Crippen LogP contribution in [-0.4, -0.2) is 12.0 Å². The van der Waals surface area contributed by atoms with Crippen molar-refractivity contribution >= 4 is 24.4 Å². The van der Waals surface area contributed by atoms with E-state index in [1.54, 1.807) is 11.8 Å². The fourth-order valence-corrected chi connectivity index (χ4v) is 1.74. The minimum atomic E-state index is 0.403. The van der Waals surface area contributed by atoms with Crippen molar-refractivity contribution in [2.24, 2.45) is 0 Å². The van der Waals surface area contributed by atoms with Crippen molar-refractivity contribution in [1.82, 2.24) is 0 Å². The summed E-state index contributed by atoms with van der Waals surface area (Å²) in [5.41, 5.74) is 0.403. The summed E-state index contributed by atoms with van der Waals surface area (Å²) in [6, 6.07) is 8.12. The lowest BCUT2D eigenvalue weighted by Gasteiger charge is -1.96. The second-order valence-corrected chi connectivity index (χ2v) is 4.12. The zero-order chi connectivity index (χ0) is 7.68. The second kappa shape index (κ2) is 3.09. The first kappa shape index (κ1) is 7.53. The Kier molecular flexibility index (Phi) is 2.11. The lowest BCUT2D eigenvalue weighted by molar-refractivity contribution is 0.460. The van der Waals surface area contributed by atoms with Gasteiger partial charge >= 0.3 is 0 Å². The Morgan fingerprint density at radius 2 is 2.00 bits per heavy atom. The highest BCUT2D eigenvalue weighted by atomic mass is 32.2. The van der Waals surface area contributed by atoms with Gasteiger partial charge in [-0.05, 0) is 24.3 Å². The van der Waals surface area contributed by atoms with Crippen molar-refractivity contribution in [2.75, 3.05) is 6.61 Å². The van der Waals surface area contributed by atoms with E-state index in [0.717, 1.165) is 11.5 Å². The maximum absolute atomic E-state index is 5.09. The van der Waals surface area contributed by atoms with Crippen LogP contribution in [0.15, 0.2) is 34.1 Å². The molecule has 0 radical (unpaired) electrons. The molecule has 2 rings (SSSR count). The van der Waals surface area contributed by atoms with Crippen LogP contribution in [0, 0.1) is 0 Å². The molecule has 1 nitrogen and oxygen atoms in total. The summed E-state index contributed by atoms with van der Waals surface area (Å²) in [5, 5.41) is 0. The summed E-state index contributed by atoms with van der Waals surface area (Å²) in [7, 11) is 0. The fraction of sp³-hybridized carbons (Fsp3) is 0.250. The van der Waals surface area contributed by atoms with E-state index < -0.39 is 0 Å². The van der Waals surface area contributed by atoms with Gasteiger partial charge < -0.3 is 4.74 Å². The SMILES string of the molecule is Sc1ccc(SC2CO2)cc1. The molecule has 1 saturated heterocycles. The van der Waals surface area contributed by atoms with Gasteiger partial charge in [0.25, 0.3) is 0 Å². The lowest BCUT2D eigenvalue weighted by atomic mass is 10.4. The number of benzene rings is 1. The molecule has 0 aliphatic carbocycles. The molecular formula is C8H8OS2. The van der Waals surface area contributed by atoms with E-state index in [1.807, 2.05) is 12.1 Å². The minimum Gasteiger partial charge on any atom is -0.361 e. The quantitative estimate of drug-likeness (QED) is 0.560. The molecule has 1 aliphatic heterocycles. The normalized spacial score (nSPS) is 21.7. The van der Waals surface area contributed by atoms with Crippen molar-refractivity contribution in [1.29, 1.82) is 0 Å². The summed E-state index contributed by atoms with van der Waals surface area (Å²) in [4.78, 5) is 2.26. The summed E-state index contributed by atoms with van der Waals surface area (Å²) in [6.45, 7) is 0.896. The standard InChI is InChI=1S/C8H8OS2/c10-6-1-3-7(4-2-6)11-8-5-9-8/h1-4,8,10H,5H2. The van der Waals surface area contributed by atoms with Crippen LogP contribution >= 0.6 is 24.4 Å². The van der Waals surface area contributed by atoms with Crippen LogP contribution in [0.3, 0.4) is 0 Å². The highest BCUT2D eigenvalue weighted by Crippen LogP contribution is 2.31. The third kappa shape index (κ3) is 2.15. The maximum atomic E-state index is 5.09. The van der Waals surface area contributed by atoms with Crippen LogP contribution in [0.4, 0.5) is 0 Å². The van der Waals surface area contributed by atoms with E-state index in [9.17, 15) is 0 Å². The highest BCUT2D eigenvalue weighted by molar-refractivity contribution is 8.00. The first-order chi connectivity index (χ1) is 5.34. The summed E-state index contributed by atoms with van der Waals surface area (Å²) >= 11 is 5.96. The molecule has 11 heavy (non-hydrogen) atoms. The molecule has 3 heteroatoms. The number of epoxide rings is 1. The van der Waals surface area contributed by atoms with Crippen LogP contribution in [0.5, 0.6) is 0 Å². The average Bonchev–Trinajstić information content (AvgIpc) is 2.78. The van der Waals surface area contributed by atoms with E-state index >= 15 is 0 Å². The van der Waals surface area contributed by atoms with Gasteiger partial charge in [0.1, 0.15) is 5.44 Å². The number of ether oxygens (including phenoxy) is 1. The van der Waals surface area contributed by atoms with Gasteiger partial charge in [-0.3, -0.25) is 0 Å². The molecule has 0 aromatic heterocycles. The monoisotopic (exact) mass is 184 g/mol. The van der Waals surface area contributed by atoms with E-state index in [4.69, 9.17) is 4.74 Å². The van der Waals surface area contributed by atoms with Crippen LogP contribution < -0.4 is 0 Å². The molecule has 1 unspecified atom stereocenters. The van der Waals surface area contributed by atoms with E-state index in [-0.39, 0.29) is 0 Å². The smallest absolute Gasteiger partial charge is 0.131 e. The van der Waals surface area contributed by atoms with Gasteiger partial charge in [-0.25, -0.2) is 0 Å². The molecule has 0 bridgehead atoms. The zero-order valence-electron chi connectivity index (χ0n) is 5.86. The molecule has 1 aliphatic rings. The predicted molar refractivity (Wildman–Crippen MR) is 49.3 cm³/mol. The van der Waals surface area contributed by atoms with Crippen molar-refractivity contribution in [3.63, 3.8) is 0 Å². The molecule has 0 saturated carbocycles. The Labute approximate surface area is 75.5 Å². The summed E-state index contributed by atoms with van der Waals surface area (Å²) in [5.74, 6) is 0. The Hall–Kier alpha value is -0.120. The molecule has 0 spiro atoms. The predicted octanol–water partition coefficient (Wildman–Crippen LogP) is 2.42. The molecule has 58 valence electrons. The summed E-state index contributed by atoms with van der Waals surface area (Å²) in [6.07, 6.45) is 0. The molecule has 1 aromatic carbocycles. The van der Waals surface area contributed by atoms with Crippen LogP contribution in [0.25, 0.3) is 0 Å².